The summed E-state index contributed by atoms with van der Waals surface area (Å²) >= 11 is 1.41. The second-order valence-corrected chi connectivity index (χ2v) is 5.51. The number of amides is 1. The first kappa shape index (κ1) is 12.1. The molecule has 1 heterocycles. The van der Waals surface area contributed by atoms with Gasteiger partial charge in [0.1, 0.15) is 0 Å². The molecule has 1 aliphatic rings. The molecule has 1 aromatic carbocycles. The molecule has 0 atom stereocenters. The van der Waals surface area contributed by atoms with Gasteiger partial charge in [-0.15, -0.1) is 11.3 Å². The maximum Gasteiger partial charge on any atom is 0.281 e. The van der Waals surface area contributed by atoms with Gasteiger partial charge in [-0.25, -0.2) is 5.43 Å². The molecule has 0 bridgehead atoms. The summed E-state index contributed by atoms with van der Waals surface area (Å²) in [4.78, 5) is 12.3. The summed E-state index contributed by atoms with van der Waals surface area (Å²) in [6.45, 7) is 0. The molecule has 4 heteroatoms. The molecule has 1 aromatic heterocycles. The number of thiophene rings is 1. The lowest BCUT2D eigenvalue weighted by Crippen LogP contribution is -2.16. The van der Waals surface area contributed by atoms with Crippen molar-refractivity contribution in [2.75, 3.05) is 0 Å². The number of benzene rings is 1. The average molecular weight is 270 g/mol. The lowest BCUT2D eigenvalue weighted by Gasteiger charge is -2.00. The molecule has 3 rings (SSSR count). The predicted molar refractivity (Wildman–Crippen MR) is 77.8 cm³/mol. The number of carbonyl (C=O) groups is 1. The molecule has 2 aromatic rings. The van der Waals surface area contributed by atoms with E-state index in [0.717, 1.165) is 12.0 Å². The molecule has 0 spiro atoms. The summed E-state index contributed by atoms with van der Waals surface area (Å²) in [6, 6.07) is 9.99. The Morgan fingerprint density at radius 2 is 2.16 bits per heavy atom. The van der Waals surface area contributed by atoms with Gasteiger partial charge in [-0.3, -0.25) is 4.79 Å². The Kier molecular flexibility index (Phi) is 3.42. The first-order chi connectivity index (χ1) is 9.33. The maximum atomic E-state index is 11.7. The third-order valence-corrected chi connectivity index (χ3v) is 4.12. The van der Waals surface area contributed by atoms with Crippen molar-refractivity contribution >= 4 is 23.5 Å². The number of hydrazone groups is 1. The minimum atomic E-state index is -0.160. The van der Waals surface area contributed by atoms with E-state index in [9.17, 15) is 4.79 Å². The number of carbonyl (C=O) groups excluding carboxylic acids is 1. The van der Waals surface area contributed by atoms with Crippen LogP contribution < -0.4 is 5.43 Å². The molecule has 3 nitrogen and oxygen atoms in total. The van der Waals surface area contributed by atoms with Crippen LogP contribution in [-0.2, 0) is 12.8 Å². The zero-order valence-corrected chi connectivity index (χ0v) is 11.2. The topological polar surface area (TPSA) is 41.5 Å². The van der Waals surface area contributed by atoms with Gasteiger partial charge in [0.15, 0.2) is 0 Å². The Balaban J connectivity index is 1.65. The van der Waals surface area contributed by atoms with E-state index in [2.05, 4.69) is 22.7 Å². The van der Waals surface area contributed by atoms with Crippen molar-refractivity contribution in [3.8, 4) is 0 Å². The van der Waals surface area contributed by atoms with Crippen LogP contribution in [0.5, 0.6) is 0 Å². The molecule has 0 unspecified atom stereocenters. The van der Waals surface area contributed by atoms with Crippen molar-refractivity contribution < 1.29 is 4.79 Å². The van der Waals surface area contributed by atoms with E-state index in [1.807, 2.05) is 17.5 Å². The minimum Gasteiger partial charge on any atom is -0.266 e. The number of fused-ring (bicyclic) bond motifs is 1. The molecular weight excluding hydrogens is 256 g/mol. The monoisotopic (exact) mass is 270 g/mol. The SMILES string of the molecule is O=C(N/N=C/c1ccc2c(c1)CCC2)c1cccs1. The summed E-state index contributed by atoms with van der Waals surface area (Å²) in [6.07, 6.45) is 5.27. The van der Waals surface area contributed by atoms with E-state index in [4.69, 9.17) is 0 Å². The van der Waals surface area contributed by atoms with Gasteiger partial charge in [0, 0.05) is 0 Å². The first-order valence-corrected chi connectivity index (χ1v) is 7.19. The van der Waals surface area contributed by atoms with Crippen molar-refractivity contribution in [2.24, 2.45) is 5.10 Å². The third kappa shape index (κ3) is 2.74. The fraction of sp³-hybridized carbons (Fsp3) is 0.200. The van der Waals surface area contributed by atoms with Crippen molar-refractivity contribution in [3.05, 3.63) is 57.3 Å². The Hall–Kier alpha value is -1.94. The molecule has 0 radical (unpaired) electrons. The highest BCUT2D eigenvalue weighted by Gasteiger charge is 2.10. The van der Waals surface area contributed by atoms with Crippen LogP contribution in [0, 0.1) is 0 Å². The number of aryl methyl sites for hydroxylation is 2. The van der Waals surface area contributed by atoms with E-state index in [1.54, 1.807) is 12.3 Å². The van der Waals surface area contributed by atoms with Crippen LogP contribution in [-0.4, -0.2) is 12.1 Å². The van der Waals surface area contributed by atoms with Crippen molar-refractivity contribution in [1.29, 1.82) is 0 Å². The van der Waals surface area contributed by atoms with Gasteiger partial charge in [-0.05, 0) is 53.5 Å². The van der Waals surface area contributed by atoms with E-state index < -0.39 is 0 Å². The van der Waals surface area contributed by atoms with Gasteiger partial charge in [0.05, 0.1) is 11.1 Å². The number of rotatable bonds is 3. The summed E-state index contributed by atoms with van der Waals surface area (Å²) < 4.78 is 0. The van der Waals surface area contributed by atoms with Gasteiger partial charge < -0.3 is 0 Å². The number of nitrogens with one attached hydrogen (secondary N) is 1. The van der Waals surface area contributed by atoms with E-state index in [0.29, 0.717) is 4.88 Å². The van der Waals surface area contributed by atoms with Crippen molar-refractivity contribution in [2.45, 2.75) is 19.3 Å². The summed E-state index contributed by atoms with van der Waals surface area (Å²) in [5, 5.41) is 5.88. The third-order valence-electron chi connectivity index (χ3n) is 3.25. The van der Waals surface area contributed by atoms with Gasteiger partial charge >= 0.3 is 0 Å². The fourth-order valence-electron chi connectivity index (χ4n) is 2.30. The molecule has 1 amide bonds. The van der Waals surface area contributed by atoms with Crippen LogP contribution in [0.3, 0.4) is 0 Å². The molecule has 1 N–H and O–H groups in total. The summed E-state index contributed by atoms with van der Waals surface area (Å²) in [5.74, 6) is -0.160. The molecule has 0 saturated heterocycles. The quantitative estimate of drug-likeness (QED) is 0.676. The Bertz CT molecular complexity index is 617. The number of hydrogen-bond donors (Lipinski definition) is 1. The average Bonchev–Trinajstić information content (AvgIpc) is 3.09. The first-order valence-electron chi connectivity index (χ1n) is 6.31. The molecule has 1 aliphatic carbocycles. The van der Waals surface area contributed by atoms with Gasteiger partial charge in [0.25, 0.3) is 5.91 Å². The largest absolute Gasteiger partial charge is 0.281 e. The fourth-order valence-corrected chi connectivity index (χ4v) is 2.91. The lowest BCUT2D eigenvalue weighted by molar-refractivity contribution is 0.0959. The van der Waals surface area contributed by atoms with E-state index in [1.165, 1.54) is 35.3 Å². The molecular formula is C15H14N2OS. The van der Waals surface area contributed by atoms with Crippen molar-refractivity contribution in [3.63, 3.8) is 0 Å². The maximum absolute atomic E-state index is 11.7. The normalized spacial score (nSPS) is 13.7. The number of nitrogens with zero attached hydrogens (tertiary/aromatic N) is 1. The van der Waals surface area contributed by atoms with Crippen LogP contribution in [0.1, 0.15) is 32.8 Å². The van der Waals surface area contributed by atoms with Crippen LogP contribution in [0.15, 0.2) is 40.8 Å². The van der Waals surface area contributed by atoms with E-state index in [-0.39, 0.29) is 5.91 Å². The second kappa shape index (κ2) is 5.36. The van der Waals surface area contributed by atoms with Crippen LogP contribution in [0.4, 0.5) is 0 Å². The summed E-state index contributed by atoms with van der Waals surface area (Å²) in [5.41, 5.74) is 6.43. The smallest absolute Gasteiger partial charge is 0.266 e. The van der Waals surface area contributed by atoms with Crippen LogP contribution >= 0.6 is 11.3 Å². The molecule has 0 saturated carbocycles. The van der Waals surface area contributed by atoms with Gasteiger partial charge in [-0.2, -0.15) is 5.10 Å². The minimum absolute atomic E-state index is 0.160. The molecule has 0 fully saturated rings. The van der Waals surface area contributed by atoms with Gasteiger partial charge in [0.2, 0.25) is 0 Å². The van der Waals surface area contributed by atoms with Gasteiger partial charge in [-0.1, -0.05) is 18.2 Å². The second-order valence-electron chi connectivity index (χ2n) is 4.56. The Labute approximate surface area is 116 Å². The van der Waals surface area contributed by atoms with Crippen LogP contribution in [0.2, 0.25) is 0 Å². The standard InChI is InChI=1S/C15H14N2OS/c18-15(14-5-2-8-19-14)17-16-10-11-6-7-12-3-1-4-13(12)9-11/h2,5-10H,1,3-4H2,(H,17,18)/b16-10+. The number of hydrogen-bond acceptors (Lipinski definition) is 3. The zero-order chi connectivity index (χ0) is 13.1. The Morgan fingerprint density at radius 1 is 1.26 bits per heavy atom. The van der Waals surface area contributed by atoms with Crippen molar-refractivity contribution in [1.82, 2.24) is 5.43 Å². The highest BCUT2D eigenvalue weighted by Crippen LogP contribution is 2.22. The van der Waals surface area contributed by atoms with E-state index >= 15 is 0 Å². The Morgan fingerprint density at radius 3 is 3.00 bits per heavy atom. The van der Waals surface area contributed by atoms with Crippen LogP contribution in [0.25, 0.3) is 0 Å². The lowest BCUT2D eigenvalue weighted by atomic mass is 10.1. The zero-order valence-electron chi connectivity index (χ0n) is 10.4. The molecule has 0 aliphatic heterocycles. The molecule has 19 heavy (non-hydrogen) atoms. The summed E-state index contributed by atoms with van der Waals surface area (Å²) in [7, 11) is 0. The highest BCUT2D eigenvalue weighted by molar-refractivity contribution is 7.12. The predicted octanol–water partition coefficient (Wildman–Crippen LogP) is 3.00. The molecule has 96 valence electrons. The highest BCUT2D eigenvalue weighted by atomic mass is 32.1.